The second-order valence-electron chi connectivity index (χ2n) is 7.34. The number of benzene rings is 2. The van der Waals surface area contributed by atoms with Crippen LogP contribution in [0.3, 0.4) is 0 Å². The third kappa shape index (κ3) is 3.68. The lowest BCUT2D eigenvalue weighted by Crippen LogP contribution is -2.32. The standard InChI is InChI=1S/C20H20N2O5S/c1-13(23)14-4-8-16(9-5-14)21-18(24)15-6-10-17(11-7-15)22-19(25)20(2,3)12-28(22,26)27/h4-11H,12H2,1-3H3,(H,21,24). The van der Waals surface area contributed by atoms with E-state index in [1.165, 1.54) is 31.2 Å². The first-order valence-electron chi connectivity index (χ1n) is 8.61. The highest BCUT2D eigenvalue weighted by Gasteiger charge is 2.49. The fourth-order valence-corrected chi connectivity index (χ4v) is 5.11. The van der Waals surface area contributed by atoms with E-state index in [1.807, 2.05) is 0 Å². The first kappa shape index (κ1) is 19.8. The maximum atomic E-state index is 12.4. The summed E-state index contributed by atoms with van der Waals surface area (Å²) < 4.78 is 25.5. The van der Waals surface area contributed by atoms with Crippen LogP contribution in [0.5, 0.6) is 0 Å². The quantitative estimate of drug-likeness (QED) is 0.796. The molecule has 1 saturated heterocycles. The minimum absolute atomic E-state index is 0.0666. The lowest BCUT2D eigenvalue weighted by molar-refractivity contribution is -0.123. The smallest absolute Gasteiger partial charge is 0.255 e. The monoisotopic (exact) mass is 400 g/mol. The van der Waals surface area contributed by atoms with Gasteiger partial charge in [0.25, 0.3) is 5.91 Å². The van der Waals surface area contributed by atoms with Crippen molar-refractivity contribution in [2.75, 3.05) is 15.4 Å². The van der Waals surface area contributed by atoms with Crippen molar-refractivity contribution in [1.29, 1.82) is 0 Å². The van der Waals surface area contributed by atoms with Gasteiger partial charge in [-0.2, -0.15) is 0 Å². The summed E-state index contributed by atoms with van der Waals surface area (Å²) in [5, 5.41) is 2.70. The van der Waals surface area contributed by atoms with Gasteiger partial charge in [0.1, 0.15) is 0 Å². The van der Waals surface area contributed by atoms with Gasteiger partial charge in [-0.3, -0.25) is 14.4 Å². The number of carbonyl (C=O) groups is 3. The van der Waals surface area contributed by atoms with E-state index < -0.39 is 27.3 Å². The molecule has 2 amide bonds. The fraction of sp³-hybridized carbons (Fsp3) is 0.250. The first-order valence-corrected chi connectivity index (χ1v) is 10.2. The number of sulfonamides is 1. The van der Waals surface area contributed by atoms with Gasteiger partial charge in [-0.15, -0.1) is 0 Å². The highest BCUT2D eigenvalue weighted by molar-refractivity contribution is 7.94. The van der Waals surface area contributed by atoms with E-state index in [0.29, 0.717) is 16.8 Å². The summed E-state index contributed by atoms with van der Waals surface area (Å²) in [5.41, 5.74) is 0.599. The normalized spacial score (nSPS) is 17.4. The minimum atomic E-state index is -3.73. The first-order chi connectivity index (χ1) is 13.0. The number of hydrogen-bond acceptors (Lipinski definition) is 5. The van der Waals surface area contributed by atoms with Crippen molar-refractivity contribution in [2.45, 2.75) is 20.8 Å². The minimum Gasteiger partial charge on any atom is -0.322 e. The topological polar surface area (TPSA) is 101 Å². The van der Waals surface area contributed by atoms with E-state index in [0.717, 1.165) is 4.31 Å². The molecule has 0 radical (unpaired) electrons. The van der Waals surface area contributed by atoms with E-state index >= 15 is 0 Å². The largest absolute Gasteiger partial charge is 0.322 e. The van der Waals surface area contributed by atoms with Crippen LogP contribution in [-0.4, -0.2) is 31.8 Å². The zero-order valence-corrected chi connectivity index (χ0v) is 16.5. The van der Waals surface area contributed by atoms with Crippen LogP contribution in [0.15, 0.2) is 48.5 Å². The molecule has 28 heavy (non-hydrogen) atoms. The van der Waals surface area contributed by atoms with Gasteiger partial charge in [-0.05, 0) is 69.3 Å². The highest BCUT2D eigenvalue weighted by atomic mass is 32.2. The molecule has 7 nitrogen and oxygen atoms in total. The number of anilines is 2. The van der Waals surface area contributed by atoms with Crippen LogP contribution in [-0.2, 0) is 14.8 Å². The van der Waals surface area contributed by atoms with E-state index in [4.69, 9.17) is 0 Å². The zero-order chi connectivity index (χ0) is 20.7. The highest BCUT2D eigenvalue weighted by Crippen LogP contribution is 2.35. The number of rotatable bonds is 4. The van der Waals surface area contributed by atoms with Gasteiger partial charge >= 0.3 is 0 Å². The molecule has 0 spiro atoms. The van der Waals surface area contributed by atoms with Crippen LogP contribution in [0.4, 0.5) is 11.4 Å². The van der Waals surface area contributed by atoms with Gasteiger partial charge in [0.2, 0.25) is 15.9 Å². The Labute approximate surface area is 163 Å². The summed E-state index contributed by atoms with van der Waals surface area (Å²) >= 11 is 0. The number of amides is 2. The molecular formula is C20H20N2O5S. The fourth-order valence-electron chi connectivity index (χ4n) is 3.00. The Morgan fingerprint density at radius 3 is 1.96 bits per heavy atom. The molecule has 0 unspecified atom stereocenters. The van der Waals surface area contributed by atoms with E-state index in [1.54, 1.807) is 38.1 Å². The summed E-state index contributed by atoms with van der Waals surface area (Å²) in [6.45, 7) is 4.64. The number of ketones is 1. The van der Waals surface area contributed by atoms with Crippen LogP contribution in [0.1, 0.15) is 41.5 Å². The van der Waals surface area contributed by atoms with Crippen LogP contribution in [0, 0.1) is 5.41 Å². The molecule has 0 atom stereocenters. The van der Waals surface area contributed by atoms with Crippen molar-refractivity contribution >= 4 is 39.0 Å². The summed E-state index contributed by atoms with van der Waals surface area (Å²) in [5.74, 6) is -1.20. The average molecular weight is 400 g/mol. The van der Waals surface area contributed by atoms with Gasteiger partial charge in [-0.25, -0.2) is 12.7 Å². The summed E-state index contributed by atoms with van der Waals surface area (Å²) in [7, 11) is -3.73. The van der Waals surface area contributed by atoms with Crippen molar-refractivity contribution in [3.05, 3.63) is 59.7 Å². The lowest BCUT2D eigenvalue weighted by atomic mass is 9.95. The average Bonchev–Trinajstić information content (AvgIpc) is 2.78. The molecule has 0 aliphatic carbocycles. The van der Waals surface area contributed by atoms with Crippen LogP contribution >= 0.6 is 0 Å². The van der Waals surface area contributed by atoms with Crippen molar-refractivity contribution in [1.82, 2.24) is 0 Å². The molecule has 0 bridgehead atoms. The molecule has 1 fully saturated rings. The van der Waals surface area contributed by atoms with E-state index in [9.17, 15) is 22.8 Å². The van der Waals surface area contributed by atoms with Crippen molar-refractivity contribution in [2.24, 2.45) is 5.41 Å². The Morgan fingerprint density at radius 2 is 1.50 bits per heavy atom. The molecule has 2 aromatic rings. The molecule has 146 valence electrons. The van der Waals surface area contributed by atoms with Gasteiger partial charge in [-0.1, -0.05) is 0 Å². The molecule has 2 aromatic carbocycles. The SMILES string of the molecule is CC(=O)c1ccc(NC(=O)c2ccc(N3C(=O)C(C)(C)CS3(=O)=O)cc2)cc1. The van der Waals surface area contributed by atoms with E-state index in [2.05, 4.69) is 5.32 Å². The molecule has 0 saturated carbocycles. The molecule has 1 aliphatic rings. The summed E-state index contributed by atoms with van der Waals surface area (Å²) in [4.78, 5) is 36.1. The maximum Gasteiger partial charge on any atom is 0.255 e. The number of nitrogens with zero attached hydrogens (tertiary/aromatic N) is 1. The van der Waals surface area contributed by atoms with Crippen molar-refractivity contribution < 1.29 is 22.8 Å². The summed E-state index contributed by atoms with van der Waals surface area (Å²) in [6.07, 6.45) is 0. The Balaban J connectivity index is 1.78. The predicted molar refractivity (Wildman–Crippen MR) is 106 cm³/mol. The van der Waals surface area contributed by atoms with Gasteiger partial charge in [0.15, 0.2) is 5.78 Å². The molecular weight excluding hydrogens is 380 g/mol. The molecule has 1 N–H and O–H groups in total. The van der Waals surface area contributed by atoms with Crippen molar-refractivity contribution in [3.63, 3.8) is 0 Å². The number of nitrogens with one attached hydrogen (secondary N) is 1. The Hall–Kier alpha value is -3.00. The molecule has 8 heteroatoms. The molecule has 3 rings (SSSR count). The number of Topliss-reactive ketones (excluding diaryl/α,β-unsaturated/α-hetero) is 1. The second kappa shape index (κ2) is 6.87. The van der Waals surface area contributed by atoms with Gasteiger partial charge in [0, 0.05) is 16.8 Å². The molecule has 1 aliphatic heterocycles. The second-order valence-corrected chi connectivity index (χ2v) is 9.16. The Bertz CT molecular complexity index is 1050. The van der Waals surface area contributed by atoms with Gasteiger partial charge in [0.05, 0.1) is 16.9 Å². The zero-order valence-electron chi connectivity index (χ0n) is 15.7. The lowest BCUT2D eigenvalue weighted by Gasteiger charge is -2.17. The number of carbonyl (C=O) groups excluding carboxylic acids is 3. The molecule has 0 aromatic heterocycles. The number of hydrogen-bond donors (Lipinski definition) is 1. The van der Waals surface area contributed by atoms with Crippen LogP contribution in [0.25, 0.3) is 0 Å². The van der Waals surface area contributed by atoms with Gasteiger partial charge < -0.3 is 5.32 Å². The maximum absolute atomic E-state index is 12.4. The third-order valence-electron chi connectivity index (χ3n) is 4.50. The Morgan fingerprint density at radius 1 is 0.964 bits per heavy atom. The van der Waals surface area contributed by atoms with Crippen molar-refractivity contribution in [3.8, 4) is 0 Å². The van der Waals surface area contributed by atoms with Crippen LogP contribution in [0.2, 0.25) is 0 Å². The Kier molecular flexibility index (Phi) is 4.84. The predicted octanol–water partition coefficient (Wildman–Crippen LogP) is 2.84. The molecule has 1 heterocycles. The summed E-state index contributed by atoms with van der Waals surface area (Å²) in [6, 6.07) is 12.3. The third-order valence-corrected chi connectivity index (χ3v) is 6.52. The van der Waals surface area contributed by atoms with E-state index in [-0.39, 0.29) is 17.2 Å². The van der Waals surface area contributed by atoms with Crippen LogP contribution < -0.4 is 9.62 Å².